The molecule has 2 heterocycles. The van der Waals surface area contributed by atoms with Crippen molar-refractivity contribution in [1.82, 2.24) is 0 Å². The van der Waals surface area contributed by atoms with Crippen molar-refractivity contribution < 1.29 is 4.74 Å². The monoisotopic (exact) mass is 261 g/mol. The maximum Gasteiger partial charge on any atom is 0.0642 e. The van der Waals surface area contributed by atoms with Crippen LogP contribution in [0, 0.1) is 0 Å². The van der Waals surface area contributed by atoms with Gasteiger partial charge in [0.2, 0.25) is 0 Å². The van der Waals surface area contributed by atoms with Crippen molar-refractivity contribution >= 4 is 11.4 Å². The Bertz CT molecular complexity index is 441. The lowest BCUT2D eigenvalue weighted by Gasteiger charge is -2.30. The molecule has 0 spiro atoms. The van der Waals surface area contributed by atoms with Gasteiger partial charge < -0.3 is 20.3 Å². The number of morpholine rings is 1. The van der Waals surface area contributed by atoms with E-state index in [4.69, 9.17) is 10.5 Å². The van der Waals surface area contributed by atoms with Gasteiger partial charge in [0, 0.05) is 43.6 Å². The van der Waals surface area contributed by atoms with Gasteiger partial charge in [0.25, 0.3) is 0 Å². The van der Waals surface area contributed by atoms with E-state index in [2.05, 4.69) is 34.9 Å². The number of rotatable bonds is 3. The zero-order valence-electron chi connectivity index (χ0n) is 11.6. The molecule has 2 aliphatic rings. The molecule has 2 aliphatic heterocycles. The van der Waals surface area contributed by atoms with Gasteiger partial charge in [0.05, 0.1) is 13.2 Å². The van der Waals surface area contributed by atoms with Crippen LogP contribution in [0.5, 0.6) is 0 Å². The maximum absolute atomic E-state index is 5.94. The van der Waals surface area contributed by atoms with Crippen LogP contribution < -0.4 is 15.5 Å². The average Bonchev–Trinajstić information content (AvgIpc) is 2.82. The summed E-state index contributed by atoms with van der Waals surface area (Å²) in [5.41, 5.74) is 10.1. The summed E-state index contributed by atoms with van der Waals surface area (Å²) in [5.74, 6) is 0. The molecule has 0 saturated carbocycles. The molecule has 1 saturated heterocycles. The van der Waals surface area contributed by atoms with Gasteiger partial charge in [-0.05, 0) is 31.0 Å². The van der Waals surface area contributed by atoms with E-state index in [1.807, 2.05) is 0 Å². The molecule has 0 aliphatic carbocycles. The van der Waals surface area contributed by atoms with Gasteiger partial charge in [-0.25, -0.2) is 0 Å². The standard InChI is InChI=1S/C15H23N3O/c1-12(16)11-18-5-4-13-2-3-14(10-15(13)18)17-6-8-19-9-7-17/h2-3,10,12H,4-9,11,16H2,1H3. The topological polar surface area (TPSA) is 41.7 Å². The SMILES string of the molecule is CC(N)CN1CCc2ccc(N3CCOCC3)cc21. The molecule has 1 aromatic carbocycles. The van der Waals surface area contributed by atoms with Gasteiger partial charge in [-0.2, -0.15) is 0 Å². The first kappa shape index (κ1) is 12.8. The minimum atomic E-state index is 0.220. The normalized spacial score (nSPS) is 20.5. The summed E-state index contributed by atoms with van der Waals surface area (Å²) in [6.45, 7) is 7.77. The highest BCUT2D eigenvalue weighted by Crippen LogP contribution is 2.32. The van der Waals surface area contributed by atoms with Crippen molar-refractivity contribution in [3.05, 3.63) is 23.8 Å². The molecule has 19 heavy (non-hydrogen) atoms. The molecule has 104 valence electrons. The van der Waals surface area contributed by atoms with Gasteiger partial charge in [-0.15, -0.1) is 0 Å². The van der Waals surface area contributed by atoms with Gasteiger partial charge in [0.1, 0.15) is 0 Å². The fourth-order valence-corrected chi connectivity index (χ4v) is 2.99. The smallest absolute Gasteiger partial charge is 0.0642 e. The molecule has 4 heteroatoms. The Labute approximate surface area is 115 Å². The summed E-state index contributed by atoms with van der Waals surface area (Å²) in [6, 6.07) is 7.08. The lowest BCUT2D eigenvalue weighted by molar-refractivity contribution is 0.122. The van der Waals surface area contributed by atoms with Crippen molar-refractivity contribution in [3.63, 3.8) is 0 Å². The van der Waals surface area contributed by atoms with Crippen LogP contribution in [0.15, 0.2) is 18.2 Å². The van der Waals surface area contributed by atoms with Crippen LogP contribution in [-0.4, -0.2) is 45.4 Å². The van der Waals surface area contributed by atoms with Crippen molar-refractivity contribution in [2.45, 2.75) is 19.4 Å². The zero-order valence-corrected chi connectivity index (χ0v) is 11.6. The lowest BCUT2D eigenvalue weighted by atomic mass is 10.1. The molecule has 0 aromatic heterocycles. The van der Waals surface area contributed by atoms with E-state index >= 15 is 0 Å². The highest BCUT2D eigenvalue weighted by atomic mass is 16.5. The first-order valence-electron chi connectivity index (χ1n) is 7.20. The molecule has 4 nitrogen and oxygen atoms in total. The molecule has 0 radical (unpaired) electrons. The van der Waals surface area contributed by atoms with Crippen LogP contribution in [-0.2, 0) is 11.2 Å². The number of nitrogens with zero attached hydrogens (tertiary/aromatic N) is 2. The van der Waals surface area contributed by atoms with Crippen molar-refractivity contribution in [2.75, 3.05) is 49.2 Å². The highest BCUT2D eigenvalue weighted by molar-refractivity contribution is 5.66. The quantitative estimate of drug-likeness (QED) is 0.888. The number of nitrogens with two attached hydrogens (primary N) is 1. The van der Waals surface area contributed by atoms with Gasteiger partial charge in [-0.1, -0.05) is 6.07 Å². The van der Waals surface area contributed by atoms with Crippen molar-refractivity contribution in [1.29, 1.82) is 0 Å². The number of ether oxygens (including phenoxy) is 1. The second kappa shape index (κ2) is 5.39. The molecular formula is C15H23N3O. The van der Waals surface area contributed by atoms with E-state index in [1.54, 1.807) is 0 Å². The van der Waals surface area contributed by atoms with Crippen molar-refractivity contribution in [3.8, 4) is 0 Å². The molecule has 1 atom stereocenters. The molecule has 3 rings (SSSR count). The first-order chi connectivity index (χ1) is 9.24. The zero-order chi connectivity index (χ0) is 13.2. The van der Waals surface area contributed by atoms with Gasteiger partial charge >= 0.3 is 0 Å². The second-order valence-corrected chi connectivity index (χ2v) is 5.59. The number of anilines is 2. The summed E-state index contributed by atoms with van der Waals surface area (Å²) < 4.78 is 5.42. The minimum Gasteiger partial charge on any atom is -0.378 e. The highest BCUT2D eigenvalue weighted by Gasteiger charge is 2.21. The Kier molecular flexibility index (Phi) is 3.62. The average molecular weight is 261 g/mol. The number of hydrogen-bond acceptors (Lipinski definition) is 4. The Morgan fingerprint density at radius 1 is 1.26 bits per heavy atom. The van der Waals surface area contributed by atoms with Crippen LogP contribution in [0.25, 0.3) is 0 Å². The van der Waals surface area contributed by atoms with Crippen LogP contribution in [0.1, 0.15) is 12.5 Å². The Morgan fingerprint density at radius 3 is 2.79 bits per heavy atom. The summed E-state index contributed by atoms with van der Waals surface area (Å²) in [5, 5.41) is 0. The first-order valence-corrected chi connectivity index (χ1v) is 7.20. The van der Waals surface area contributed by atoms with Crippen LogP contribution >= 0.6 is 0 Å². The summed E-state index contributed by atoms with van der Waals surface area (Å²) >= 11 is 0. The Balaban J connectivity index is 1.81. The minimum absolute atomic E-state index is 0.220. The fourth-order valence-electron chi connectivity index (χ4n) is 2.99. The Hall–Kier alpha value is -1.26. The number of fused-ring (bicyclic) bond motifs is 1. The second-order valence-electron chi connectivity index (χ2n) is 5.59. The molecule has 2 N–H and O–H groups in total. The fraction of sp³-hybridized carbons (Fsp3) is 0.600. The maximum atomic E-state index is 5.94. The number of hydrogen-bond donors (Lipinski definition) is 1. The molecule has 1 aromatic rings. The number of benzene rings is 1. The molecule has 1 unspecified atom stereocenters. The summed E-state index contributed by atoms with van der Waals surface area (Å²) in [6.07, 6.45) is 1.14. The molecule has 0 bridgehead atoms. The third-order valence-corrected chi connectivity index (χ3v) is 3.95. The largest absolute Gasteiger partial charge is 0.378 e. The predicted octanol–water partition coefficient (Wildman–Crippen LogP) is 1.23. The third kappa shape index (κ3) is 2.69. The van der Waals surface area contributed by atoms with Crippen LogP contribution in [0.2, 0.25) is 0 Å². The van der Waals surface area contributed by atoms with E-state index < -0.39 is 0 Å². The van der Waals surface area contributed by atoms with Crippen LogP contribution in [0.4, 0.5) is 11.4 Å². The Morgan fingerprint density at radius 2 is 2.05 bits per heavy atom. The van der Waals surface area contributed by atoms with E-state index in [-0.39, 0.29) is 6.04 Å². The van der Waals surface area contributed by atoms with E-state index in [1.165, 1.54) is 16.9 Å². The van der Waals surface area contributed by atoms with Gasteiger partial charge in [-0.3, -0.25) is 0 Å². The summed E-state index contributed by atoms with van der Waals surface area (Å²) in [7, 11) is 0. The molecular weight excluding hydrogens is 238 g/mol. The van der Waals surface area contributed by atoms with Crippen LogP contribution in [0.3, 0.4) is 0 Å². The molecule has 1 fully saturated rings. The predicted molar refractivity (Wildman–Crippen MR) is 79.0 cm³/mol. The third-order valence-electron chi connectivity index (χ3n) is 3.95. The van der Waals surface area contributed by atoms with Crippen molar-refractivity contribution in [2.24, 2.45) is 5.73 Å². The summed E-state index contributed by atoms with van der Waals surface area (Å²) in [4.78, 5) is 4.83. The molecule has 0 amide bonds. The van der Waals surface area contributed by atoms with E-state index in [9.17, 15) is 0 Å². The lowest BCUT2D eigenvalue weighted by Crippen LogP contribution is -2.36. The van der Waals surface area contributed by atoms with E-state index in [0.717, 1.165) is 45.8 Å². The van der Waals surface area contributed by atoms with Gasteiger partial charge in [0.15, 0.2) is 0 Å². The van der Waals surface area contributed by atoms with E-state index in [0.29, 0.717) is 0 Å².